The summed E-state index contributed by atoms with van der Waals surface area (Å²) in [5.41, 5.74) is 0.137. The van der Waals surface area contributed by atoms with Crippen LogP contribution in [-0.2, 0) is 14.3 Å². The molecule has 3 N–H and O–H groups in total. The van der Waals surface area contributed by atoms with Crippen LogP contribution in [-0.4, -0.2) is 57.1 Å². The number of carbonyl (C=O) groups excluding carboxylic acids is 1. The number of urea groups is 1. The van der Waals surface area contributed by atoms with Crippen molar-refractivity contribution in [1.82, 2.24) is 10.6 Å². The number of carboxylic acid groups (broad SMARTS) is 1. The van der Waals surface area contributed by atoms with E-state index in [4.69, 9.17) is 14.6 Å². The van der Waals surface area contributed by atoms with E-state index >= 15 is 0 Å². The second-order valence-electron chi connectivity index (χ2n) is 5.24. The van der Waals surface area contributed by atoms with Crippen LogP contribution in [0.1, 0.15) is 25.7 Å². The van der Waals surface area contributed by atoms with Gasteiger partial charge in [0, 0.05) is 40.4 Å². The number of hydrogen-bond donors (Lipinski definition) is 3. The summed E-state index contributed by atoms with van der Waals surface area (Å²) in [7, 11) is 3.15. The Morgan fingerprint density at radius 3 is 2.40 bits per heavy atom. The highest BCUT2D eigenvalue weighted by Crippen LogP contribution is 2.48. The Labute approximate surface area is 119 Å². The molecule has 0 aromatic carbocycles. The lowest BCUT2D eigenvalue weighted by molar-refractivity contribution is -0.139. The van der Waals surface area contributed by atoms with Gasteiger partial charge in [0.2, 0.25) is 0 Å². The van der Waals surface area contributed by atoms with E-state index in [-0.39, 0.29) is 18.4 Å². The molecule has 116 valence electrons. The molecule has 1 atom stereocenters. The molecule has 0 spiro atoms. The van der Waals surface area contributed by atoms with Crippen LogP contribution in [0.25, 0.3) is 0 Å². The van der Waals surface area contributed by atoms with E-state index in [0.717, 1.165) is 19.3 Å². The molecular formula is C13H24N2O5. The number of carbonyl (C=O) groups is 2. The zero-order valence-electron chi connectivity index (χ0n) is 12.1. The van der Waals surface area contributed by atoms with Crippen molar-refractivity contribution < 1.29 is 24.2 Å². The Morgan fingerprint density at radius 2 is 1.90 bits per heavy atom. The maximum atomic E-state index is 11.7. The average molecular weight is 288 g/mol. The summed E-state index contributed by atoms with van der Waals surface area (Å²) in [6.45, 7) is 1.52. The smallest absolute Gasteiger partial charge is 0.326 e. The van der Waals surface area contributed by atoms with Gasteiger partial charge >= 0.3 is 12.0 Å². The van der Waals surface area contributed by atoms with Crippen LogP contribution in [0.2, 0.25) is 0 Å². The minimum atomic E-state index is -1.06. The van der Waals surface area contributed by atoms with Gasteiger partial charge in [0.1, 0.15) is 6.04 Å². The monoisotopic (exact) mass is 288 g/mol. The van der Waals surface area contributed by atoms with Crippen molar-refractivity contribution in [2.24, 2.45) is 5.41 Å². The molecule has 1 fully saturated rings. The van der Waals surface area contributed by atoms with Crippen LogP contribution in [0, 0.1) is 5.41 Å². The fraction of sp³-hybridized carbons (Fsp3) is 0.846. The Hall–Kier alpha value is -1.34. The van der Waals surface area contributed by atoms with Crippen LogP contribution in [0.15, 0.2) is 0 Å². The second-order valence-corrected chi connectivity index (χ2v) is 5.24. The molecule has 1 aliphatic rings. The number of amides is 2. The average Bonchev–Trinajstić information content (AvgIpc) is 3.19. The predicted octanol–water partition coefficient (Wildman–Crippen LogP) is 0.592. The van der Waals surface area contributed by atoms with Gasteiger partial charge in [-0.15, -0.1) is 0 Å². The maximum Gasteiger partial charge on any atom is 0.326 e. The van der Waals surface area contributed by atoms with Crippen molar-refractivity contribution in [3.63, 3.8) is 0 Å². The maximum absolute atomic E-state index is 11.7. The highest BCUT2D eigenvalue weighted by Gasteiger charge is 2.42. The number of aliphatic carboxylic acids is 1. The molecule has 0 aliphatic heterocycles. The fourth-order valence-electron chi connectivity index (χ4n) is 1.98. The molecule has 1 aliphatic carbocycles. The van der Waals surface area contributed by atoms with E-state index in [1.807, 2.05) is 0 Å². The van der Waals surface area contributed by atoms with Crippen molar-refractivity contribution in [3.8, 4) is 0 Å². The number of methoxy groups -OCH3 is 2. The number of hydrogen-bond acceptors (Lipinski definition) is 4. The number of ether oxygens (including phenoxy) is 2. The summed E-state index contributed by atoms with van der Waals surface area (Å²) in [6.07, 6.45) is 3.30. The molecule has 7 heteroatoms. The topological polar surface area (TPSA) is 96.9 Å². The van der Waals surface area contributed by atoms with Gasteiger partial charge in [-0.1, -0.05) is 0 Å². The van der Waals surface area contributed by atoms with E-state index < -0.39 is 18.0 Å². The van der Waals surface area contributed by atoms with Gasteiger partial charge in [-0.05, 0) is 24.7 Å². The normalized spacial score (nSPS) is 17.3. The zero-order valence-corrected chi connectivity index (χ0v) is 12.1. The lowest BCUT2D eigenvalue weighted by Crippen LogP contribution is -2.47. The third-order valence-corrected chi connectivity index (χ3v) is 3.63. The highest BCUT2D eigenvalue weighted by atomic mass is 16.5. The molecule has 7 nitrogen and oxygen atoms in total. The first-order valence-corrected chi connectivity index (χ1v) is 6.78. The Kier molecular flexibility index (Phi) is 6.74. The molecule has 0 heterocycles. The first kappa shape index (κ1) is 16.7. The molecule has 0 saturated heterocycles. The molecule has 20 heavy (non-hydrogen) atoms. The number of carboxylic acids is 1. The molecule has 0 radical (unpaired) electrons. The van der Waals surface area contributed by atoms with Crippen molar-refractivity contribution >= 4 is 12.0 Å². The van der Waals surface area contributed by atoms with Crippen LogP contribution in [0.3, 0.4) is 0 Å². The Balaban J connectivity index is 2.29. The molecule has 2 amide bonds. The summed E-state index contributed by atoms with van der Waals surface area (Å²) < 4.78 is 9.87. The summed E-state index contributed by atoms with van der Waals surface area (Å²) in [5.74, 6) is -1.06. The Bertz CT molecular complexity index is 331. The molecule has 1 saturated carbocycles. The second kappa shape index (κ2) is 8.06. The Morgan fingerprint density at radius 1 is 1.25 bits per heavy atom. The number of rotatable bonds is 10. The van der Waals surface area contributed by atoms with Crippen LogP contribution in [0.5, 0.6) is 0 Å². The van der Waals surface area contributed by atoms with E-state index in [2.05, 4.69) is 10.6 Å². The van der Waals surface area contributed by atoms with Gasteiger partial charge in [0.05, 0.1) is 0 Å². The van der Waals surface area contributed by atoms with Crippen molar-refractivity contribution in [2.45, 2.75) is 31.7 Å². The molecule has 0 aromatic rings. The van der Waals surface area contributed by atoms with Gasteiger partial charge in [-0.25, -0.2) is 9.59 Å². The molecule has 1 unspecified atom stereocenters. The molecular weight excluding hydrogens is 264 g/mol. The highest BCUT2D eigenvalue weighted by molar-refractivity contribution is 5.82. The lowest BCUT2D eigenvalue weighted by Gasteiger charge is -2.18. The van der Waals surface area contributed by atoms with E-state index in [9.17, 15) is 9.59 Å². The zero-order chi connectivity index (χ0) is 15.0. The van der Waals surface area contributed by atoms with Crippen LogP contribution >= 0.6 is 0 Å². The van der Waals surface area contributed by atoms with E-state index in [1.54, 1.807) is 7.11 Å². The standard InChI is InChI=1S/C13H24N2O5/c1-19-7-3-10(11(16)17)15-12(18)14-9-13(4-5-13)6-8-20-2/h10H,3-9H2,1-2H3,(H,16,17)(H2,14,15,18). The van der Waals surface area contributed by atoms with Gasteiger partial charge in [-0.3, -0.25) is 0 Å². The van der Waals surface area contributed by atoms with E-state index in [0.29, 0.717) is 13.2 Å². The third kappa shape index (κ3) is 5.75. The first-order chi connectivity index (χ1) is 9.53. The molecule has 1 rings (SSSR count). The van der Waals surface area contributed by atoms with Crippen molar-refractivity contribution in [2.75, 3.05) is 34.0 Å². The first-order valence-electron chi connectivity index (χ1n) is 6.78. The van der Waals surface area contributed by atoms with E-state index in [1.165, 1.54) is 7.11 Å². The minimum Gasteiger partial charge on any atom is -0.480 e. The van der Waals surface area contributed by atoms with Crippen LogP contribution < -0.4 is 10.6 Å². The summed E-state index contributed by atoms with van der Waals surface area (Å²) in [5, 5.41) is 14.2. The van der Waals surface area contributed by atoms with Crippen molar-refractivity contribution in [3.05, 3.63) is 0 Å². The number of nitrogens with one attached hydrogen (secondary N) is 2. The third-order valence-electron chi connectivity index (χ3n) is 3.63. The fourth-order valence-corrected chi connectivity index (χ4v) is 1.98. The van der Waals surface area contributed by atoms with Gasteiger partial charge < -0.3 is 25.2 Å². The summed E-state index contributed by atoms with van der Waals surface area (Å²) in [4.78, 5) is 22.7. The van der Waals surface area contributed by atoms with Crippen molar-refractivity contribution in [1.29, 1.82) is 0 Å². The van der Waals surface area contributed by atoms with Gasteiger partial charge in [0.15, 0.2) is 0 Å². The predicted molar refractivity (Wildman–Crippen MR) is 72.6 cm³/mol. The largest absolute Gasteiger partial charge is 0.480 e. The molecule has 0 bridgehead atoms. The van der Waals surface area contributed by atoms with Gasteiger partial charge in [-0.2, -0.15) is 0 Å². The lowest BCUT2D eigenvalue weighted by atomic mass is 10.0. The summed E-state index contributed by atoms with van der Waals surface area (Å²) in [6, 6.07) is -1.37. The minimum absolute atomic E-state index is 0.137. The van der Waals surface area contributed by atoms with Gasteiger partial charge in [0.25, 0.3) is 0 Å². The van der Waals surface area contributed by atoms with Crippen LogP contribution in [0.4, 0.5) is 4.79 Å². The molecule has 0 aromatic heterocycles. The quantitative estimate of drug-likeness (QED) is 0.547. The summed E-state index contributed by atoms with van der Waals surface area (Å²) >= 11 is 0. The SMILES string of the molecule is COCCC(NC(=O)NCC1(CCOC)CC1)C(=O)O.